The second kappa shape index (κ2) is 4.85. The molecule has 0 heterocycles. The lowest BCUT2D eigenvalue weighted by Gasteiger charge is -2.19. The van der Waals surface area contributed by atoms with Crippen molar-refractivity contribution in [3.63, 3.8) is 0 Å². The average molecular weight is 223 g/mol. The zero-order chi connectivity index (χ0) is 11.5. The zero-order valence-corrected chi connectivity index (χ0v) is 8.50. The Hall–Kier alpha value is -0.750. The van der Waals surface area contributed by atoms with Gasteiger partial charge in [-0.2, -0.15) is 0 Å². The number of alkyl halides is 2. The van der Waals surface area contributed by atoms with Gasteiger partial charge in [0, 0.05) is 0 Å². The molecule has 1 saturated carbocycles. The first-order valence-electron chi connectivity index (χ1n) is 4.80. The minimum atomic E-state index is -3.19. The second-order valence-electron chi connectivity index (χ2n) is 3.73. The summed E-state index contributed by atoms with van der Waals surface area (Å²) in [6.45, 7) is -1.93. The number of carbonyl (C=O) groups excluding carboxylic acids is 1. The van der Waals surface area contributed by atoms with Crippen molar-refractivity contribution in [2.24, 2.45) is 5.92 Å². The maximum absolute atomic E-state index is 12.7. The minimum Gasteiger partial charge on any atom is -0.468 e. The molecular weight excluding hydrogens is 208 g/mol. The number of hydrogen-bond acceptors (Lipinski definition) is 4. The van der Waals surface area contributed by atoms with Crippen LogP contribution >= 0.6 is 0 Å². The number of ether oxygens (including phenoxy) is 1. The first kappa shape index (κ1) is 12.3. The quantitative estimate of drug-likeness (QED) is 0.629. The number of esters is 1. The van der Waals surface area contributed by atoms with Crippen molar-refractivity contribution in [1.29, 1.82) is 0 Å². The van der Waals surface area contributed by atoms with Crippen molar-refractivity contribution in [3.05, 3.63) is 0 Å². The third-order valence-electron chi connectivity index (χ3n) is 2.36. The van der Waals surface area contributed by atoms with Crippen LogP contribution in [0.2, 0.25) is 0 Å². The molecule has 2 N–H and O–H groups in total. The largest absolute Gasteiger partial charge is 0.468 e. The van der Waals surface area contributed by atoms with Gasteiger partial charge in [-0.05, 0) is 18.8 Å². The van der Waals surface area contributed by atoms with E-state index in [0.717, 1.165) is 12.8 Å². The average Bonchev–Trinajstić information content (AvgIpc) is 3.01. The molecule has 0 bridgehead atoms. The first-order valence-corrected chi connectivity index (χ1v) is 4.80. The Bertz CT molecular complexity index is 231. The molecule has 0 spiro atoms. The summed E-state index contributed by atoms with van der Waals surface area (Å²) in [5.41, 5.74) is 0. The highest BCUT2D eigenvalue weighted by atomic mass is 19.3. The molecule has 4 nitrogen and oxygen atoms in total. The topological polar surface area (TPSA) is 58.6 Å². The summed E-state index contributed by atoms with van der Waals surface area (Å²) in [4.78, 5) is 11.2. The van der Waals surface area contributed by atoms with E-state index in [1.54, 1.807) is 0 Å². The molecule has 0 saturated heterocycles. The molecule has 1 aliphatic rings. The predicted molar refractivity (Wildman–Crippen MR) is 48.6 cm³/mol. The number of methoxy groups -OCH3 is 1. The number of carbonyl (C=O) groups is 1. The van der Waals surface area contributed by atoms with Crippen molar-refractivity contribution in [1.82, 2.24) is 5.32 Å². The number of aliphatic hydroxyl groups is 1. The van der Waals surface area contributed by atoms with Gasteiger partial charge < -0.3 is 9.84 Å². The Labute approximate surface area is 86.6 Å². The molecule has 0 aromatic rings. The third kappa shape index (κ3) is 3.71. The fourth-order valence-corrected chi connectivity index (χ4v) is 1.31. The van der Waals surface area contributed by atoms with Crippen molar-refractivity contribution >= 4 is 5.97 Å². The van der Waals surface area contributed by atoms with Gasteiger partial charge in [0.2, 0.25) is 0 Å². The molecule has 6 heteroatoms. The number of halogens is 2. The van der Waals surface area contributed by atoms with Crippen LogP contribution < -0.4 is 5.32 Å². The molecule has 1 rings (SSSR count). The first-order chi connectivity index (χ1) is 7.00. The summed E-state index contributed by atoms with van der Waals surface area (Å²) < 4.78 is 29.9. The van der Waals surface area contributed by atoms with Crippen LogP contribution in [0.25, 0.3) is 0 Å². The lowest BCUT2D eigenvalue weighted by Crippen LogP contribution is -2.46. The molecule has 1 fully saturated rings. The van der Waals surface area contributed by atoms with E-state index in [2.05, 4.69) is 10.1 Å². The van der Waals surface area contributed by atoms with E-state index >= 15 is 0 Å². The lowest BCUT2D eigenvalue weighted by molar-refractivity contribution is -0.144. The number of rotatable bonds is 6. The summed E-state index contributed by atoms with van der Waals surface area (Å²) in [7, 11) is 1.23. The Balaban J connectivity index is 2.41. The Morgan fingerprint density at radius 3 is 2.67 bits per heavy atom. The van der Waals surface area contributed by atoms with Gasteiger partial charge in [-0.3, -0.25) is 10.1 Å². The molecule has 0 amide bonds. The third-order valence-corrected chi connectivity index (χ3v) is 2.36. The van der Waals surface area contributed by atoms with Crippen molar-refractivity contribution < 1.29 is 23.4 Å². The SMILES string of the molecule is COC(=O)C(NCC(F)(F)CO)C1CC1. The Morgan fingerprint density at radius 1 is 1.67 bits per heavy atom. The highest BCUT2D eigenvalue weighted by molar-refractivity contribution is 5.76. The molecule has 1 unspecified atom stereocenters. The van der Waals surface area contributed by atoms with E-state index in [1.807, 2.05) is 0 Å². The number of nitrogens with one attached hydrogen (secondary N) is 1. The second-order valence-corrected chi connectivity index (χ2v) is 3.73. The van der Waals surface area contributed by atoms with E-state index in [0.29, 0.717) is 0 Å². The molecule has 15 heavy (non-hydrogen) atoms. The van der Waals surface area contributed by atoms with Crippen molar-refractivity contribution in [2.45, 2.75) is 24.8 Å². The lowest BCUT2D eigenvalue weighted by atomic mass is 10.2. The van der Waals surface area contributed by atoms with E-state index < -0.39 is 31.1 Å². The summed E-state index contributed by atoms with van der Waals surface area (Å²) in [6, 6.07) is -0.674. The van der Waals surface area contributed by atoms with Gasteiger partial charge in [-0.25, -0.2) is 8.78 Å². The maximum atomic E-state index is 12.7. The molecule has 0 aromatic carbocycles. The Kier molecular flexibility index (Phi) is 3.98. The molecule has 0 aliphatic heterocycles. The van der Waals surface area contributed by atoms with E-state index in [9.17, 15) is 13.6 Å². The van der Waals surface area contributed by atoms with Crippen LogP contribution in [0.3, 0.4) is 0 Å². The van der Waals surface area contributed by atoms with Gasteiger partial charge >= 0.3 is 5.97 Å². The van der Waals surface area contributed by atoms with Gasteiger partial charge in [0.15, 0.2) is 0 Å². The predicted octanol–water partition coefficient (Wildman–Crippen LogP) is 0.155. The fraction of sp³-hybridized carbons (Fsp3) is 0.889. The molecule has 1 aliphatic carbocycles. The molecule has 0 aromatic heterocycles. The number of aliphatic hydroxyl groups excluding tert-OH is 1. The smallest absolute Gasteiger partial charge is 0.323 e. The monoisotopic (exact) mass is 223 g/mol. The van der Waals surface area contributed by atoms with Crippen LogP contribution in [0.1, 0.15) is 12.8 Å². The van der Waals surface area contributed by atoms with Crippen molar-refractivity contribution in [3.8, 4) is 0 Å². The van der Waals surface area contributed by atoms with E-state index in [1.165, 1.54) is 7.11 Å². The summed E-state index contributed by atoms with van der Waals surface area (Å²) in [6.07, 6.45) is 1.69. The molecule has 0 radical (unpaired) electrons. The summed E-state index contributed by atoms with van der Waals surface area (Å²) >= 11 is 0. The highest BCUT2D eigenvalue weighted by Crippen LogP contribution is 2.33. The molecule has 88 valence electrons. The van der Waals surface area contributed by atoms with Gasteiger partial charge in [0.25, 0.3) is 5.92 Å². The van der Waals surface area contributed by atoms with Crippen LogP contribution in [0, 0.1) is 5.92 Å². The standard InChI is InChI=1S/C9H15F2NO3/c1-15-8(14)7(6-2-3-6)12-4-9(10,11)5-13/h6-7,12-13H,2-5H2,1H3. The minimum absolute atomic E-state index is 0.0898. The van der Waals surface area contributed by atoms with Gasteiger partial charge in [-0.1, -0.05) is 0 Å². The molecule has 1 atom stereocenters. The summed E-state index contributed by atoms with van der Waals surface area (Å²) in [5, 5.41) is 10.8. The summed E-state index contributed by atoms with van der Waals surface area (Å²) in [5.74, 6) is -3.63. The van der Waals surface area contributed by atoms with Crippen LogP contribution in [0.15, 0.2) is 0 Å². The van der Waals surface area contributed by atoms with Crippen molar-refractivity contribution in [2.75, 3.05) is 20.3 Å². The maximum Gasteiger partial charge on any atom is 0.323 e. The van der Waals surface area contributed by atoms with Crippen LogP contribution in [0.5, 0.6) is 0 Å². The fourth-order valence-electron chi connectivity index (χ4n) is 1.31. The normalized spacial score (nSPS) is 18.7. The number of hydrogen-bond donors (Lipinski definition) is 2. The highest BCUT2D eigenvalue weighted by Gasteiger charge is 2.39. The zero-order valence-electron chi connectivity index (χ0n) is 8.50. The van der Waals surface area contributed by atoms with Gasteiger partial charge in [0.1, 0.15) is 12.6 Å². The molecular formula is C9H15F2NO3. The van der Waals surface area contributed by atoms with Gasteiger partial charge in [-0.15, -0.1) is 0 Å². The van der Waals surface area contributed by atoms with Crippen LogP contribution in [-0.2, 0) is 9.53 Å². The Morgan fingerprint density at radius 2 is 2.27 bits per heavy atom. The van der Waals surface area contributed by atoms with E-state index in [-0.39, 0.29) is 5.92 Å². The van der Waals surface area contributed by atoms with Crippen LogP contribution in [0.4, 0.5) is 8.78 Å². The van der Waals surface area contributed by atoms with Gasteiger partial charge in [0.05, 0.1) is 13.7 Å². The van der Waals surface area contributed by atoms with E-state index in [4.69, 9.17) is 5.11 Å². The van der Waals surface area contributed by atoms with Crippen LogP contribution in [-0.4, -0.2) is 43.3 Å².